The van der Waals surface area contributed by atoms with Crippen LogP contribution in [0.4, 0.5) is 0 Å². The fourth-order valence-corrected chi connectivity index (χ4v) is 3.36. The lowest BCUT2D eigenvalue weighted by Crippen LogP contribution is -2.27. The normalized spacial score (nSPS) is 20.7. The number of rotatable bonds is 2. The van der Waals surface area contributed by atoms with Gasteiger partial charge in [0.05, 0.1) is 19.3 Å². The van der Waals surface area contributed by atoms with Gasteiger partial charge < -0.3 is 14.6 Å². The van der Waals surface area contributed by atoms with Crippen LogP contribution in [0.1, 0.15) is 49.9 Å². The van der Waals surface area contributed by atoms with Crippen LogP contribution < -0.4 is 9.47 Å². The van der Waals surface area contributed by atoms with Gasteiger partial charge in [0.2, 0.25) is 0 Å². The number of ether oxygens (including phenoxy) is 2. The summed E-state index contributed by atoms with van der Waals surface area (Å²) in [7, 11) is 1.64. The number of aliphatic imine (C=N–C) groups is 1. The topological polar surface area (TPSA) is 51.0 Å². The van der Waals surface area contributed by atoms with Gasteiger partial charge in [0, 0.05) is 29.3 Å². The number of hydrogen-bond donors (Lipinski definition) is 1. The van der Waals surface area contributed by atoms with Gasteiger partial charge in [0.1, 0.15) is 5.60 Å². The third-order valence-electron chi connectivity index (χ3n) is 4.26. The van der Waals surface area contributed by atoms with Crippen molar-refractivity contribution in [2.75, 3.05) is 7.11 Å². The monoisotopic (exact) mass is 289 g/mol. The highest BCUT2D eigenvalue weighted by Crippen LogP contribution is 2.48. The summed E-state index contributed by atoms with van der Waals surface area (Å²) in [5.74, 6) is 1.46. The minimum Gasteiger partial charge on any atom is -0.492 e. The molecule has 0 aliphatic carbocycles. The third-order valence-corrected chi connectivity index (χ3v) is 4.26. The number of fused-ring (bicyclic) bond motifs is 3. The lowest BCUT2D eigenvalue weighted by atomic mass is 9.83. The second-order valence-corrected chi connectivity index (χ2v) is 7.16. The van der Waals surface area contributed by atoms with Crippen LogP contribution in [0.2, 0.25) is 0 Å². The van der Waals surface area contributed by atoms with E-state index in [0.717, 1.165) is 40.8 Å². The first-order valence-electron chi connectivity index (χ1n) is 7.38. The third kappa shape index (κ3) is 2.22. The van der Waals surface area contributed by atoms with Crippen molar-refractivity contribution < 1.29 is 14.6 Å². The summed E-state index contributed by atoms with van der Waals surface area (Å²) in [6.45, 7) is 8.30. The molecule has 0 unspecified atom stereocenters. The van der Waals surface area contributed by atoms with Gasteiger partial charge in [-0.05, 0) is 39.7 Å². The zero-order valence-electron chi connectivity index (χ0n) is 13.4. The minimum absolute atomic E-state index is 0.0491. The highest BCUT2D eigenvalue weighted by atomic mass is 16.5. The largest absolute Gasteiger partial charge is 0.492 e. The van der Waals surface area contributed by atoms with Crippen LogP contribution >= 0.6 is 0 Å². The number of nitrogens with zero attached hydrogens (tertiary/aromatic N) is 1. The van der Waals surface area contributed by atoms with Crippen LogP contribution in [-0.2, 0) is 19.4 Å². The van der Waals surface area contributed by atoms with Crippen molar-refractivity contribution in [3.05, 3.63) is 22.3 Å². The molecule has 0 bridgehead atoms. The molecule has 0 aromatic heterocycles. The molecule has 1 N–H and O–H groups in total. The van der Waals surface area contributed by atoms with Crippen molar-refractivity contribution >= 4 is 6.21 Å². The summed E-state index contributed by atoms with van der Waals surface area (Å²) in [5, 5.41) is 9.86. The van der Waals surface area contributed by atoms with Crippen molar-refractivity contribution in [1.82, 2.24) is 0 Å². The van der Waals surface area contributed by atoms with Gasteiger partial charge >= 0.3 is 0 Å². The molecular formula is C17H23NO3. The van der Waals surface area contributed by atoms with Gasteiger partial charge in [-0.2, -0.15) is 0 Å². The summed E-state index contributed by atoms with van der Waals surface area (Å²) < 4.78 is 11.7. The molecule has 0 spiro atoms. The zero-order valence-corrected chi connectivity index (χ0v) is 13.4. The predicted molar refractivity (Wildman–Crippen MR) is 82.7 cm³/mol. The lowest BCUT2D eigenvalue weighted by molar-refractivity contribution is 0.133. The van der Waals surface area contributed by atoms with Crippen LogP contribution in [0, 0.1) is 0 Å². The van der Waals surface area contributed by atoms with Gasteiger partial charge in [-0.25, -0.2) is 0 Å². The maximum Gasteiger partial charge on any atom is 0.166 e. The molecule has 114 valence electrons. The summed E-state index contributed by atoms with van der Waals surface area (Å²) in [6.07, 6.45) is 3.58. The molecular weight excluding hydrogens is 266 g/mol. The highest BCUT2D eigenvalue weighted by Gasteiger charge is 2.39. The van der Waals surface area contributed by atoms with E-state index in [1.165, 1.54) is 0 Å². The molecule has 0 radical (unpaired) electrons. The summed E-state index contributed by atoms with van der Waals surface area (Å²) in [4.78, 5) is 4.66. The quantitative estimate of drug-likeness (QED) is 0.910. The fraction of sp³-hybridized carbons (Fsp3) is 0.588. The van der Waals surface area contributed by atoms with E-state index in [4.69, 9.17) is 9.47 Å². The van der Waals surface area contributed by atoms with Crippen molar-refractivity contribution in [2.45, 2.75) is 58.3 Å². The Morgan fingerprint density at radius 1 is 1.24 bits per heavy atom. The lowest BCUT2D eigenvalue weighted by Gasteiger charge is -2.29. The van der Waals surface area contributed by atoms with Gasteiger partial charge in [-0.1, -0.05) is 0 Å². The van der Waals surface area contributed by atoms with Crippen molar-refractivity contribution in [3.8, 4) is 11.5 Å². The first-order chi connectivity index (χ1) is 9.78. The van der Waals surface area contributed by atoms with Gasteiger partial charge in [-0.15, -0.1) is 0 Å². The van der Waals surface area contributed by atoms with E-state index in [2.05, 4.69) is 32.7 Å². The summed E-state index contributed by atoms with van der Waals surface area (Å²) in [6, 6.07) is 0. The number of aliphatic hydroxyl groups excluding tert-OH is 1. The Labute approximate surface area is 125 Å². The van der Waals surface area contributed by atoms with Gasteiger partial charge in [0.25, 0.3) is 0 Å². The molecule has 2 aliphatic rings. The molecule has 0 amide bonds. The molecule has 2 aliphatic heterocycles. The number of benzene rings is 1. The average molecular weight is 289 g/mol. The fourth-order valence-electron chi connectivity index (χ4n) is 3.36. The van der Waals surface area contributed by atoms with E-state index >= 15 is 0 Å². The van der Waals surface area contributed by atoms with Crippen LogP contribution in [-0.4, -0.2) is 29.6 Å². The van der Waals surface area contributed by atoms with Crippen molar-refractivity contribution in [1.29, 1.82) is 0 Å². The van der Waals surface area contributed by atoms with E-state index in [1.54, 1.807) is 7.11 Å². The Balaban J connectivity index is 2.29. The Morgan fingerprint density at radius 3 is 2.57 bits per heavy atom. The van der Waals surface area contributed by atoms with E-state index < -0.39 is 0 Å². The Bertz CT molecular complexity index is 630. The highest BCUT2D eigenvalue weighted by molar-refractivity contribution is 5.89. The van der Waals surface area contributed by atoms with Crippen LogP contribution in [0.25, 0.3) is 0 Å². The second kappa shape index (κ2) is 4.47. The SMILES string of the molecule is COc1c(CO)c2c(c3c1OC(C)(C)C3)C=NC(C)(C)C2. The molecule has 2 heterocycles. The predicted octanol–water partition coefficient (Wildman–Crippen LogP) is 2.65. The maximum absolute atomic E-state index is 9.86. The summed E-state index contributed by atoms with van der Waals surface area (Å²) >= 11 is 0. The van der Waals surface area contributed by atoms with E-state index in [1.807, 2.05) is 6.21 Å². The Morgan fingerprint density at radius 2 is 1.95 bits per heavy atom. The molecule has 1 aromatic rings. The van der Waals surface area contributed by atoms with Gasteiger partial charge in [0.15, 0.2) is 11.5 Å². The Kier molecular flexibility index (Phi) is 3.06. The molecule has 0 saturated heterocycles. The number of methoxy groups -OCH3 is 1. The zero-order chi connectivity index (χ0) is 15.4. The van der Waals surface area contributed by atoms with Crippen LogP contribution in [0.5, 0.6) is 11.5 Å². The molecule has 0 saturated carbocycles. The molecule has 1 aromatic carbocycles. The minimum atomic E-state index is -0.252. The molecule has 4 heteroatoms. The van der Waals surface area contributed by atoms with Crippen molar-refractivity contribution in [3.63, 3.8) is 0 Å². The van der Waals surface area contributed by atoms with E-state index in [0.29, 0.717) is 5.75 Å². The summed E-state index contributed by atoms with van der Waals surface area (Å²) in [5.41, 5.74) is 3.85. The van der Waals surface area contributed by atoms with Crippen LogP contribution in [0.15, 0.2) is 4.99 Å². The molecule has 4 nitrogen and oxygen atoms in total. The molecule has 0 fully saturated rings. The number of aliphatic hydroxyl groups is 1. The molecule has 0 atom stereocenters. The van der Waals surface area contributed by atoms with Gasteiger partial charge in [-0.3, -0.25) is 4.99 Å². The van der Waals surface area contributed by atoms with Crippen molar-refractivity contribution in [2.24, 2.45) is 4.99 Å². The smallest absolute Gasteiger partial charge is 0.166 e. The van der Waals surface area contributed by atoms with Crippen LogP contribution in [0.3, 0.4) is 0 Å². The van der Waals surface area contributed by atoms with E-state index in [-0.39, 0.29) is 17.7 Å². The Hall–Kier alpha value is -1.55. The van der Waals surface area contributed by atoms with E-state index in [9.17, 15) is 5.11 Å². The maximum atomic E-state index is 9.86. The number of hydrogen-bond acceptors (Lipinski definition) is 4. The molecule has 21 heavy (non-hydrogen) atoms. The average Bonchev–Trinajstić information content (AvgIpc) is 2.70. The second-order valence-electron chi connectivity index (χ2n) is 7.16. The first-order valence-corrected chi connectivity index (χ1v) is 7.38. The molecule has 3 rings (SSSR count). The standard InChI is InChI=1S/C17H23NO3/c1-16(2)6-10-12(8-18-16)11-7-17(3,4)21-15(11)14(20-5)13(10)9-19/h8,19H,6-7,9H2,1-5H3. The first kappa shape index (κ1) is 14.4.